The van der Waals surface area contributed by atoms with Crippen LogP contribution in [0.25, 0.3) is 22.3 Å². The van der Waals surface area contributed by atoms with Crippen molar-refractivity contribution in [2.45, 2.75) is 6.54 Å². The van der Waals surface area contributed by atoms with Crippen LogP contribution in [0.3, 0.4) is 0 Å². The number of benzene rings is 2. The zero-order valence-corrected chi connectivity index (χ0v) is 15.5. The standard InChI is InChI=1S/C20H16N4.2ClH/c1-2-8-15(9-3-1)19-23-18-12-5-4-11-17(18)20(24-19)22-14-16-10-6-7-13-21-16;;/h1-13H,14H2,(H,22,23,24);2*1H. The molecule has 0 aliphatic heterocycles. The summed E-state index contributed by atoms with van der Waals surface area (Å²) in [6.07, 6.45) is 1.80. The molecular weight excluding hydrogens is 367 g/mol. The largest absolute Gasteiger partial charge is 0.364 e. The van der Waals surface area contributed by atoms with Gasteiger partial charge in [0, 0.05) is 17.1 Å². The van der Waals surface area contributed by atoms with E-state index < -0.39 is 0 Å². The quantitative estimate of drug-likeness (QED) is 0.528. The molecule has 0 atom stereocenters. The second-order valence-electron chi connectivity index (χ2n) is 5.45. The maximum absolute atomic E-state index is 4.74. The highest BCUT2D eigenvalue weighted by Gasteiger charge is 2.09. The Bertz CT molecular complexity index is 963. The van der Waals surface area contributed by atoms with Crippen molar-refractivity contribution in [3.63, 3.8) is 0 Å². The highest BCUT2D eigenvalue weighted by molar-refractivity contribution is 5.90. The summed E-state index contributed by atoms with van der Waals surface area (Å²) in [6, 6.07) is 23.9. The van der Waals surface area contributed by atoms with Crippen LogP contribution in [0.1, 0.15) is 5.69 Å². The third kappa shape index (κ3) is 4.28. The molecule has 0 radical (unpaired) electrons. The van der Waals surface area contributed by atoms with Gasteiger partial charge in [-0.3, -0.25) is 4.98 Å². The van der Waals surface area contributed by atoms with Crippen LogP contribution in [0.15, 0.2) is 79.0 Å². The summed E-state index contributed by atoms with van der Waals surface area (Å²) in [7, 11) is 0. The van der Waals surface area contributed by atoms with E-state index >= 15 is 0 Å². The number of nitrogens with one attached hydrogen (secondary N) is 1. The number of fused-ring (bicyclic) bond motifs is 1. The van der Waals surface area contributed by atoms with Crippen LogP contribution in [0.2, 0.25) is 0 Å². The summed E-state index contributed by atoms with van der Waals surface area (Å²) in [6.45, 7) is 0.621. The normalized spacial score (nSPS) is 9.85. The van der Waals surface area contributed by atoms with E-state index in [1.165, 1.54) is 0 Å². The molecule has 2 aromatic carbocycles. The minimum Gasteiger partial charge on any atom is -0.364 e. The van der Waals surface area contributed by atoms with E-state index in [2.05, 4.69) is 10.3 Å². The molecule has 2 aromatic heterocycles. The molecule has 0 bridgehead atoms. The minimum atomic E-state index is 0. The van der Waals surface area contributed by atoms with Gasteiger partial charge in [0.15, 0.2) is 5.82 Å². The number of para-hydroxylation sites is 1. The van der Waals surface area contributed by atoms with Gasteiger partial charge in [-0.15, -0.1) is 24.8 Å². The van der Waals surface area contributed by atoms with Gasteiger partial charge in [-0.1, -0.05) is 48.5 Å². The number of hydrogen-bond acceptors (Lipinski definition) is 4. The highest BCUT2D eigenvalue weighted by atomic mass is 35.5. The summed E-state index contributed by atoms with van der Waals surface area (Å²) in [5.74, 6) is 1.54. The van der Waals surface area contributed by atoms with Gasteiger partial charge < -0.3 is 5.32 Å². The summed E-state index contributed by atoms with van der Waals surface area (Å²) in [5, 5.41) is 4.41. The predicted molar refractivity (Wildman–Crippen MR) is 111 cm³/mol. The van der Waals surface area contributed by atoms with Crippen molar-refractivity contribution in [2.24, 2.45) is 0 Å². The average molecular weight is 385 g/mol. The Morgan fingerprint density at radius 1 is 0.731 bits per heavy atom. The number of hydrogen-bond donors (Lipinski definition) is 1. The zero-order valence-electron chi connectivity index (χ0n) is 13.9. The second kappa shape index (κ2) is 9.13. The molecule has 26 heavy (non-hydrogen) atoms. The molecule has 0 aliphatic rings. The van der Waals surface area contributed by atoms with Gasteiger partial charge in [0.25, 0.3) is 0 Å². The van der Waals surface area contributed by atoms with Crippen molar-refractivity contribution in [1.29, 1.82) is 0 Å². The third-order valence-corrected chi connectivity index (χ3v) is 3.80. The lowest BCUT2D eigenvalue weighted by molar-refractivity contribution is 1.03. The van der Waals surface area contributed by atoms with Crippen LogP contribution < -0.4 is 5.32 Å². The van der Waals surface area contributed by atoms with E-state index in [0.717, 1.165) is 33.8 Å². The van der Waals surface area contributed by atoms with Gasteiger partial charge in [-0.05, 0) is 24.3 Å². The maximum atomic E-state index is 4.74. The Hall–Kier alpha value is -2.69. The Kier molecular flexibility index (Phi) is 6.89. The van der Waals surface area contributed by atoms with E-state index in [4.69, 9.17) is 9.97 Å². The highest BCUT2D eigenvalue weighted by Crippen LogP contribution is 2.25. The first-order chi connectivity index (χ1) is 11.9. The maximum Gasteiger partial charge on any atom is 0.162 e. The Balaban J connectivity index is 0.00000121. The van der Waals surface area contributed by atoms with Gasteiger partial charge in [-0.25, -0.2) is 9.97 Å². The molecule has 0 unspecified atom stereocenters. The van der Waals surface area contributed by atoms with Gasteiger partial charge in [0.2, 0.25) is 0 Å². The van der Waals surface area contributed by atoms with E-state index in [0.29, 0.717) is 6.54 Å². The van der Waals surface area contributed by atoms with Crippen LogP contribution in [0, 0.1) is 0 Å². The zero-order chi connectivity index (χ0) is 16.2. The molecule has 2 heterocycles. The molecule has 0 fully saturated rings. The van der Waals surface area contributed by atoms with Crippen LogP contribution in [-0.2, 0) is 6.54 Å². The molecule has 4 nitrogen and oxygen atoms in total. The fourth-order valence-electron chi connectivity index (χ4n) is 2.60. The first-order valence-electron chi connectivity index (χ1n) is 7.86. The minimum absolute atomic E-state index is 0. The lowest BCUT2D eigenvalue weighted by Gasteiger charge is -2.10. The molecule has 0 spiro atoms. The molecule has 4 rings (SSSR count). The first-order valence-corrected chi connectivity index (χ1v) is 7.86. The Morgan fingerprint density at radius 2 is 1.46 bits per heavy atom. The smallest absolute Gasteiger partial charge is 0.162 e. The molecule has 0 saturated heterocycles. The van der Waals surface area contributed by atoms with Crippen molar-refractivity contribution >= 4 is 41.5 Å². The van der Waals surface area contributed by atoms with E-state index in [1.54, 1.807) is 6.20 Å². The van der Waals surface area contributed by atoms with Gasteiger partial charge in [0.1, 0.15) is 5.82 Å². The van der Waals surface area contributed by atoms with Crippen molar-refractivity contribution in [2.75, 3.05) is 5.32 Å². The predicted octanol–water partition coefficient (Wildman–Crippen LogP) is 5.15. The fraction of sp³-hybridized carbons (Fsp3) is 0.0500. The molecule has 0 saturated carbocycles. The van der Waals surface area contributed by atoms with Crippen molar-refractivity contribution in [3.05, 3.63) is 84.7 Å². The Labute approximate surface area is 164 Å². The number of aromatic nitrogens is 3. The Morgan fingerprint density at radius 3 is 2.23 bits per heavy atom. The lowest BCUT2D eigenvalue weighted by Crippen LogP contribution is -2.05. The summed E-state index contributed by atoms with van der Waals surface area (Å²) >= 11 is 0. The molecule has 132 valence electrons. The van der Waals surface area contributed by atoms with Gasteiger partial charge in [-0.2, -0.15) is 0 Å². The van der Waals surface area contributed by atoms with Crippen molar-refractivity contribution in [1.82, 2.24) is 15.0 Å². The molecule has 4 aromatic rings. The first kappa shape index (κ1) is 19.6. The SMILES string of the molecule is Cl.Cl.c1ccc(-c2nc(NCc3ccccn3)c3ccccc3n2)cc1. The van der Waals surface area contributed by atoms with E-state index in [-0.39, 0.29) is 24.8 Å². The number of pyridine rings is 1. The molecule has 1 N–H and O–H groups in total. The number of anilines is 1. The van der Waals surface area contributed by atoms with E-state index in [1.807, 2.05) is 72.8 Å². The summed E-state index contributed by atoms with van der Waals surface area (Å²) in [5.41, 5.74) is 2.90. The van der Waals surface area contributed by atoms with Gasteiger partial charge in [0.05, 0.1) is 17.8 Å². The molecule has 0 aliphatic carbocycles. The van der Waals surface area contributed by atoms with Crippen molar-refractivity contribution in [3.8, 4) is 11.4 Å². The monoisotopic (exact) mass is 384 g/mol. The number of rotatable bonds is 4. The molecule has 6 heteroatoms. The fourth-order valence-corrected chi connectivity index (χ4v) is 2.60. The van der Waals surface area contributed by atoms with Crippen LogP contribution in [0.4, 0.5) is 5.82 Å². The van der Waals surface area contributed by atoms with Crippen LogP contribution in [-0.4, -0.2) is 15.0 Å². The average Bonchev–Trinajstić information content (AvgIpc) is 2.67. The van der Waals surface area contributed by atoms with Crippen LogP contribution in [0.5, 0.6) is 0 Å². The molecular formula is C20H18Cl2N4. The van der Waals surface area contributed by atoms with Gasteiger partial charge >= 0.3 is 0 Å². The second-order valence-corrected chi connectivity index (χ2v) is 5.45. The third-order valence-electron chi connectivity index (χ3n) is 3.80. The topological polar surface area (TPSA) is 50.7 Å². The summed E-state index contributed by atoms with van der Waals surface area (Å²) < 4.78 is 0. The number of halogens is 2. The van der Waals surface area contributed by atoms with E-state index in [9.17, 15) is 0 Å². The number of nitrogens with zero attached hydrogens (tertiary/aromatic N) is 3. The lowest BCUT2D eigenvalue weighted by atomic mass is 10.2. The summed E-state index contributed by atoms with van der Waals surface area (Å²) in [4.78, 5) is 13.8. The molecule has 0 amide bonds. The van der Waals surface area contributed by atoms with Crippen molar-refractivity contribution < 1.29 is 0 Å². The van der Waals surface area contributed by atoms with Crippen LogP contribution >= 0.6 is 24.8 Å².